The molecule has 0 saturated carbocycles. The zero-order valence-corrected chi connectivity index (χ0v) is 19.1. The molecule has 1 aromatic heterocycles. The summed E-state index contributed by atoms with van der Waals surface area (Å²) >= 11 is 0. The van der Waals surface area contributed by atoms with Crippen LogP contribution in [0.1, 0.15) is 0 Å². The smallest absolute Gasteiger partial charge is 0.100 e. The summed E-state index contributed by atoms with van der Waals surface area (Å²) in [5.74, 6) is 0. The molecule has 0 radical (unpaired) electrons. The van der Waals surface area contributed by atoms with Crippen molar-refractivity contribution in [3.8, 4) is 61.6 Å². The summed E-state index contributed by atoms with van der Waals surface area (Å²) in [4.78, 5) is 4.98. The van der Waals surface area contributed by atoms with E-state index in [4.69, 9.17) is 4.98 Å². The molecule has 0 atom stereocenters. The molecule has 0 aliphatic heterocycles. The number of fused-ring (bicyclic) bond motifs is 3. The largest absolute Gasteiger partial charge is 0.298 e. The molecular weight excluding hydrogens is 424 g/mol. The molecule has 0 unspecified atom stereocenters. The van der Waals surface area contributed by atoms with Gasteiger partial charge in [0.2, 0.25) is 0 Å². The molecule has 164 valence electrons. The van der Waals surface area contributed by atoms with Gasteiger partial charge < -0.3 is 0 Å². The summed E-state index contributed by atoms with van der Waals surface area (Å²) in [6.45, 7) is 0. The maximum Gasteiger partial charge on any atom is 0.100 e. The summed E-state index contributed by atoms with van der Waals surface area (Å²) in [6, 6.07) is 45.3. The van der Waals surface area contributed by atoms with E-state index in [9.17, 15) is 0 Å². The topological polar surface area (TPSA) is 17.8 Å². The first kappa shape index (κ1) is 19.7. The molecule has 0 saturated heterocycles. The lowest BCUT2D eigenvalue weighted by Crippen LogP contribution is -1.93. The van der Waals surface area contributed by atoms with Crippen molar-refractivity contribution in [3.63, 3.8) is 0 Å². The fourth-order valence-corrected chi connectivity index (χ4v) is 5.07. The predicted molar refractivity (Wildman–Crippen MR) is 144 cm³/mol. The normalized spacial score (nSPS) is 11.4. The molecule has 1 heterocycles. The van der Waals surface area contributed by atoms with E-state index >= 15 is 0 Å². The van der Waals surface area contributed by atoms with Crippen molar-refractivity contribution in [2.75, 3.05) is 0 Å². The quantitative estimate of drug-likeness (QED) is 0.266. The van der Waals surface area contributed by atoms with Gasteiger partial charge in [0.15, 0.2) is 0 Å². The Labute approximate surface area is 204 Å². The highest BCUT2D eigenvalue weighted by Gasteiger charge is 2.21. The maximum absolute atomic E-state index is 4.98. The van der Waals surface area contributed by atoms with Gasteiger partial charge in [-0.05, 0) is 69.8 Å². The minimum absolute atomic E-state index is 0.999. The molecule has 0 fully saturated rings. The van der Waals surface area contributed by atoms with E-state index in [0.29, 0.717) is 0 Å². The van der Waals surface area contributed by atoms with E-state index in [2.05, 4.69) is 132 Å². The van der Waals surface area contributed by atoms with Crippen LogP contribution in [0.2, 0.25) is 0 Å². The monoisotopic (exact) mass is 446 g/mol. The summed E-state index contributed by atoms with van der Waals surface area (Å²) in [6.07, 6.45) is 1.97. The summed E-state index contributed by atoms with van der Waals surface area (Å²) in [5.41, 5.74) is 12.9. The molecule has 2 heteroatoms. The minimum atomic E-state index is 0.999. The molecule has 6 aliphatic carbocycles. The Bertz CT molecular complexity index is 1520. The third-order valence-electron chi connectivity index (χ3n) is 6.76. The van der Waals surface area contributed by atoms with Gasteiger partial charge >= 0.3 is 0 Å². The first-order valence-electron chi connectivity index (χ1n) is 11.9. The van der Waals surface area contributed by atoms with E-state index in [1.54, 1.807) is 0 Å². The SMILES string of the molecule is c1ccc2cc(-c3ncn(-c4cc5cccccc-5c4)c3-c3cc4cccccc-4c3)cc-2cc1. The molecule has 0 N–H and O–H groups in total. The standard InChI is InChI=1S/C33H22N2/c1-4-10-23-16-29(17-24(23)11-5-1)32-33(30-18-25-12-6-2-7-13-26(25)19-30)35(22-34-32)31-20-27-14-8-3-9-15-28(27)21-31/h1-22H. The Hall–Kier alpha value is -4.69. The van der Waals surface area contributed by atoms with Gasteiger partial charge in [-0.1, -0.05) is 91.0 Å². The van der Waals surface area contributed by atoms with E-state index < -0.39 is 0 Å². The molecule has 7 rings (SSSR count). The molecule has 0 bridgehead atoms. The highest BCUT2D eigenvalue weighted by Crippen LogP contribution is 2.41. The van der Waals surface area contributed by atoms with Gasteiger partial charge in [-0.15, -0.1) is 0 Å². The van der Waals surface area contributed by atoms with Gasteiger partial charge in [-0.3, -0.25) is 4.57 Å². The molecular formula is C33H22N2. The van der Waals surface area contributed by atoms with Crippen molar-refractivity contribution in [3.05, 3.63) is 134 Å². The maximum atomic E-state index is 4.98. The van der Waals surface area contributed by atoms with Gasteiger partial charge in [-0.2, -0.15) is 0 Å². The van der Waals surface area contributed by atoms with E-state index in [0.717, 1.165) is 22.6 Å². The first-order chi connectivity index (χ1) is 17.3. The minimum Gasteiger partial charge on any atom is -0.298 e. The van der Waals surface area contributed by atoms with E-state index in [-0.39, 0.29) is 0 Å². The van der Waals surface area contributed by atoms with Crippen LogP contribution in [0.3, 0.4) is 0 Å². The van der Waals surface area contributed by atoms with Gasteiger partial charge in [0, 0.05) is 16.8 Å². The van der Waals surface area contributed by atoms with Gasteiger partial charge in [0.1, 0.15) is 6.33 Å². The van der Waals surface area contributed by atoms with Crippen molar-refractivity contribution >= 4 is 0 Å². The Morgan fingerprint density at radius 1 is 0.400 bits per heavy atom. The van der Waals surface area contributed by atoms with Gasteiger partial charge in [0.25, 0.3) is 0 Å². The molecule has 0 amide bonds. The van der Waals surface area contributed by atoms with Crippen LogP contribution in [-0.4, -0.2) is 9.55 Å². The third kappa shape index (κ3) is 3.39. The Morgan fingerprint density at radius 3 is 1.26 bits per heavy atom. The average molecular weight is 447 g/mol. The Morgan fingerprint density at radius 2 is 0.800 bits per heavy atom. The lowest BCUT2D eigenvalue weighted by molar-refractivity contribution is 1.07. The van der Waals surface area contributed by atoms with Crippen molar-refractivity contribution in [2.45, 2.75) is 0 Å². The van der Waals surface area contributed by atoms with Gasteiger partial charge in [0.05, 0.1) is 11.4 Å². The lowest BCUT2D eigenvalue weighted by Gasteiger charge is -2.07. The van der Waals surface area contributed by atoms with Crippen LogP contribution in [0.4, 0.5) is 0 Å². The number of hydrogen-bond donors (Lipinski definition) is 0. The van der Waals surface area contributed by atoms with Crippen molar-refractivity contribution < 1.29 is 0 Å². The fraction of sp³-hybridized carbons (Fsp3) is 0. The molecule has 35 heavy (non-hydrogen) atoms. The second kappa shape index (κ2) is 7.96. The Balaban J connectivity index is 1.49. The zero-order chi connectivity index (χ0) is 23.2. The molecule has 6 aliphatic rings. The van der Waals surface area contributed by atoms with Gasteiger partial charge in [-0.25, -0.2) is 4.98 Å². The van der Waals surface area contributed by atoms with Crippen LogP contribution >= 0.6 is 0 Å². The predicted octanol–water partition coefficient (Wildman–Crippen LogP) is 8.52. The second-order valence-electron chi connectivity index (χ2n) is 8.98. The highest BCUT2D eigenvalue weighted by molar-refractivity contribution is 5.90. The lowest BCUT2D eigenvalue weighted by atomic mass is 10.1. The van der Waals surface area contributed by atoms with Crippen LogP contribution in [0.25, 0.3) is 61.6 Å². The first-order valence-corrected chi connectivity index (χ1v) is 11.9. The number of imidazole rings is 1. The zero-order valence-electron chi connectivity index (χ0n) is 19.1. The number of rotatable bonds is 3. The fourth-order valence-electron chi connectivity index (χ4n) is 5.07. The summed E-state index contributed by atoms with van der Waals surface area (Å²) in [5, 5.41) is 0. The van der Waals surface area contributed by atoms with Crippen LogP contribution < -0.4 is 0 Å². The second-order valence-corrected chi connectivity index (χ2v) is 8.98. The summed E-state index contributed by atoms with van der Waals surface area (Å²) < 4.78 is 2.24. The average Bonchev–Trinajstić information content (AvgIpc) is 3.56. The highest BCUT2D eigenvalue weighted by atomic mass is 15.1. The van der Waals surface area contributed by atoms with Crippen LogP contribution in [0, 0.1) is 0 Å². The molecule has 1 aromatic rings. The van der Waals surface area contributed by atoms with Crippen molar-refractivity contribution in [2.24, 2.45) is 0 Å². The molecule has 2 nitrogen and oxygen atoms in total. The van der Waals surface area contributed by atoms with Crippen molar-refractivity contribution in [1.29, 1.82) is 0 Å². The van der Waals surface area contributed by atoms with E-state index in [1.807, 2.05) is 6.33 Å². The number of nitrogens with zero attached hydrogens (tertiary/aromatic N) is 2. The third-order valence-corrected chi connectivity index (χ3v) is 6.76. The summed E-state index contributed by atoms with van der Waals surface area (Å²) in [7, 11) is 0. The molecule has 0 spiro atoms. The number of aromatic nitrogens is 2. The van der Waals surface area contributed by atoms with Crippen molar-refractivity contribution in [1.82, 2.24) is 9.55 Å². The van der Waals surface area contributed by atoms with Crippen LogP contribution in [0.5, 0.6) is 0 Å². The van der Waals surface area contributed by atoms with Crippen LogP contribution in [0.15, 0.2) is 134 Å². The van der Waals surface area contributed by atoms with Crippen LogP contribution in [-0.2, 0) is 0 Å². The molecule has 0 aromatic carbocycles. The van der Waals surface area contributed by atoms with E-state index in [1.165, 1.54) is 38.9 Å². The Kier molecular flexibility index (Phi) is 4.49. The number of hydrogen-bond acceptors (Lipinski definition) is 1.